The Balaban J connectivity index is 1.83. The predicted octanol–water partition coefficient (Wildman–Crippen LogP) is 2.75. The highest BCUT2D eigenvalue weighted by atomic mass is 16.5. The largest absolute Gasteiger partial charge is 0.361 e. The smallest absolute Gasteiger partial charge is 0.249 e. The summed E-state index contributed by atoms with van der Waals surface area (Å²) in [5, 5.41) is 3.15. The summed E-state index contributed by atoms with van der Waals surface area (Å²) in [4.78, 5) is 12.3. The van der Waals surface area contributed by atoms with Crippen LogP contribution >= 0.6 is 0 Å². The van der Waals surface area contributed by atoms with Gasteiger partial charge in [-0.25, -0.2) is 0 Å². The van der Waals surface area contributed by atoms with Crippen molar-refractivity contribution >= 4 is 5.91 Å². The lowest BCUT2D eigenvalue weighted by Crippen LogP contribution is -2.50. The standard InChI is InChI=1S/C17H32N2O2/c1-13-8-10-17(12-18,11-9-13)21-14(2)16(20)19-15-6-4-3-5-7-15/h13-15H,3-12,18H2,1-2H3,(H,19,20). The Morgan fingerprint density at radius 1 is 1.24 bits per heavy atom. The van der Waals surface area contributed by atoms with Crippen LogP contribution in [-0.4, -0.2) is 30.2 Å². The molecule has 2 aliphatic rings. The number of amides is 1. The second kappa shape index (κ2) is 7.59. The number of rotatable bonds is 5. The van der Waals surface area contributed by atoms with Crippen LogP contribution in [0.1, 0.15) is 71.6 Å². The molecule has 2 aliphatic carbocycles. The third-order valence-corrected chi connectivity index (χ3v) is 5.31. The van der Waals surface area contributed by atoms with Crippen LogP contribution in [0.5, 0.6) is 0 Å². The lowest BCUT2D eigenvalue weighted by atomic mass is 9.79. The Kier molecular flexibility index (Phi) is 6.06. The van der Waals surface area contributed by atoms with Gasteiger partial charge in [-0.1, -0.05) is 26.2 Å². The molecule has 0 radical (unpaired) electrons. The van der Waals surface area contributed by atoms with Crippen molar-refractivity contribution in [1.82, 2.24) is 5.32 Å². The molecule has 0 aromatic heterocycles. The predicted molar refractivity (Wildman–Crippen MR) is 85.0 cm³/mol. The van der Waals surface area contributed by atoms with Crippen molar-refractivity contribution in [3.63, 3.8) is 0 Å². The first-order chi connectivity index (χ1) is 10.0. The lowest BCUT2D eigenvalue weighted by Gasteiger charge is -2.40. The van der Waals surface area contributed by atoms with E-state index >= 15 is 0 Å². The molecule has 1 atom stereocenters. The quantitative estimate of drug-likeness (QED) is 0.820. The van der Waals surface area contributed by atoms with Crippen LogP contribution in [0.15, 0.2) is 0 Å². The van der Waals surface area contributed by atoms with Crippen LogP contribution in [0.4, 0.5) is 0 Å². The van der Waals surface area contributed by atoms with Gasteiger partial charge in [-0.2, -0.15) is 0 Å². The van der Waals surface area contributed by atoms with E-state index in [-0.39, 0.29) is 11.5 Å². The summed E-state index contributed by atoms with van der Waals surface area (Å²) < 4.78 is 6.14. The van der Waals surface area contributed by atoms with Crippen LogP contribution in [0.2, 0.25) is 0 Å². The zero-order valence-electron chi connectivity index (χ0n) is 13.7. The van der Waals surface area contributed by atoms with Crippen LogP contribution < -0.4 is 11.1 Å². The molecule has 0 aliphatic heterocycles. The number of carbonyl (C=O) groups is 1. The van der Waals surface area contributed by atoms with Gasteiger partial charge in [0.2, 0.25) is 5.91 Å². The second-order valence-corrected chi connectivity index (χ2v) is 7.17. The molecule has 0 aromatic carbocycles. The average molecular weight is 296 g/mol. The molecule has 1 unspecified atom stereocenters. The van der Waals surface area contributed by atoms with E-state index in [1.807, 2.05) is 6.92 Å². The van der Waals surface area contributed by atoms with Crippen molar-refractivity contribution in [3.05, 3.63) is 0 Å². The van der Waals surface area contributed by atoms with Crippen molar-refractivity contribution in [1.29, 1.82) is 0 Å². The molecule has 2 rings (SSSR count). The van der Waals surface area contributed by atoms with Gasteiger partial charge >= 0.3 is 0 Å². The lowest BCUT2D eigenvalue weighted by molar-refractivity contribution is -0.151. The van der Waals surface area contributed by atoms with Gasteiger partial charge in [-0.3, -0.25) is 4.79 Å². The minimum absolute atomic E-state index is 0.0355. The van der Waals surface area contributed by atoms with E-state index in [1.54, 1.807) is 0 Å². The summed E-state index contributed by atoms with van der Waals surface area (Å²) in [7, 11) is 0. The van der Waals surface area contributed by atoms with E-state index in [2.05, 4.69) is 12.2 Å². The van der Waals surface area contributed by atoms with Gasteiger partial charge in [-0.15, -0.1) is 0 Å². The molecule has 4 heteroatoms. The first-order valence-electron chi connectivity index (χ1n) is 8.73. The molecule has 1 amide bonds. The van der Waals surface area contributed by atoms with E-state index in [0.717, 1.165) is 44.4 Å². The SMILES string of the molecule is CC1CCC(CN)(OC(C)C(=O)NC2CCCCC2)CC1. The summed E-state index contributed by atoms with van der Waals surface area (Å²) in [6.07, 6.45) is 9.82. The fourth-order valence-corrected chi connectivity index (χ4v) is 3.65. The highest BCUT2D eigenvalue weighted by Gasteiger charge is 2.37. The molecule has 3 N–H and O–H groups in total. The molecule has 122 valence electrons. The van der Waals surface area contributed by atoms with Crippen molar-refractivity contribution < 1.29 is 9.53 Å². The highest BCUT2D eigenvalue weighted by molar-refractivity contribution is 5.80. The molecule has 21 heavy (non-hydrogen) atoms. The van der Waals surface area contributed by atoms with Gasteiger partial charge in [0.15, 0.2) is 0 Å². The maximum atomic E-state index is 12.3. The molecular weight excluding hydrogens is 264 g/mol. The van der Waals surface area contributed by atoms with Gasteiger partial charge in [0.25, 0.3) is 0 Å². The Morgan fingerprint density at radius 2 is 1.86 bits per heavy atom. The molecule has 0 aromatic rings. The van der Waals surface area contributed by atoms with Gasteiger partial charge in [0, 0.05) is 12.6 Å². The third-order valence-electron chi connectivity index (χ3n) is 5.31. The van der Waals surface area contributed by atoms with Crippen LogP contribution in [-0.2, 0) is 9.53 Å². The Hall–Kier alpha value is -0.610. The summed E-state index contributed by atoms with van der Waals surface area (Å²) in [6.45, 7) is 4.66. The fourth-order valence-electron chi connectivity index (χ4n) is 3.65. The van der Waals surface area contributed by atoms with Crippen molar-refractivity contribution in [2.75, 3.05) is 6.54 Å². The number of hydrogen-bond donors (Lipinski definition) is 2. The molecule has 0 heterocycles. The molecule has 2 saturated carbocycles. The second-order valence-electron chi connectivity index (χ2n) is 7.17. The van der Waals surface area contributed by atoms with E-state index in [4.69, 9.17) is 10.5 Å². The van der Waals surface area contributed by atoms with Crippen molar-refractivity contribution in [2.24, 2.45) is 11.7 Å². The number of carbonyl (C=O) groups excluding carboxylic acids is 1. The molecule has 0 spiro atoms. The van der Waals surface area contributed by atoms with Crippen LogP contribution in [0, 0.1) is 5.92 Å². The van der Waals surface area contributed by atoms with E-state index < -0.39 is 6.10 Å². The number of hydrogen-bond acceptors (Lipinski definition) is 3. The van der Waals surface area contributed by atoms with Crippen molar-refractivity contribution in [2.45, 2.75) is 89.4 Å². The third kappa shape index (κ3) is 4.68. The molecule has 4 nitrogen and oxygen atoms in total. The van der Waals surface area contributed by atoms with Gasteiger partial charge < -0.3 is 15.8 Å². The average Bonchev–Trinajstić information content (AvgIpc) is 2.51. The van der Waals surface area contributed by atoms with Crippen LogP contribution in [0.25, 0.3) is 0 Å². The highest BCUT2D eigenvalue weighted by Crippen LogP contribution is 2.35. The summed E-state index contributed by atoms with van der Waals surface area (Å²) in [6, 6.07) is 0.345. The Labute approximate surface area is 129 Å². The first kappa shape index (κ1) is 16.8. The zero-order chi connectivity index (χ0) is 15.3. The minimum atomic E-state index is -0.399. The van der Waals surface area contributed by atoms with Crippen molar-refractivity contribution in [3.8, 4) is 0 Å². The number of nitrogens with one attached hydrogen (secondary N) is 1. The van der Waals surface area contributed by atoms with Gasteiger partial charge in [0.05, 0.1) is 5.60 Å². The maximum Gasteiger partial charge on any atom is 0.249 e. The molecule has 0 bridgehead atoms. The van der Waals surface area contributed by atoms with E-state index in [9.17, 15) is 4.79 Å². The normalized spacial score (nSPS) is 32.6. The summed E-state index contributed by atoms with van der Waals surface area (Å²) in [5.74, 6) is 0.785. The minimum Gasteiger partial charge on any atom is -0.361 e. The maximum absolute atomic E-state index is 12.3. The van der Waals surface area contributed by atoms with E-state index in [1.165, 1.54) is 19.3 Å². The molecule has 0 saturated heterocycles. The van der Waals surface area contributed by atoms with E-state index in [0.29, 0.717) is 12.6 Å². The van der Waals surface area contributed by atoms with Gasteiger partial charge in [0.1, 0.15) is 6.10 Å². The first-order valence-corrected chi connectivity index (χ1v) is 8.73. The number of nitrogens with two attached hydrogens (primary N) is 1. The Morgan fingerprint density at radius 3 is 2.43 bits per heavy atom. The summed E-state index contributed by atoms with van der Waals surface area (Å²) in [5.41, 5.74) is 5.68. The molecular formula is C17H32N2O2. The molecule has 2 fully saturated rings. The van der Waals surface area contributed by atoms with Crippen LogP contribution in [0.3, 0.4) is 0 Å². The topological polar surface area (TPSA) is 64.3 Å². The Bertz CT molecular complexity index is 332. The zero-order valence-corrected chi connectivity index (χ0v) is 13.7. The fraction of sp³-hybridized carbons (Fsp3) is 0.941. The number of ether oxygens (including phenoxy) is 1. The van der Waals surface area contributed by atoms with Gasteiger partial charge in [-0.05, 0) is 51.4 Å². The monoisotopic (exact) mass is 296 g/mol. The summed E-state index contributed by atoms with van der Waals surface area (Å²) >= 11 is 0.